The Kier molecular flexibility index (Phi) is 1.96. The molecule has 0 aliphatic carbocycles. The van der Waals surface area contributed by atoms with Crippen molar-refractivity contribution in [1.29, 1.82) is 0 Å². The molecular formula is C7H9N3S. The van der Waals surface area contributed by atoms with Gasteiger partial charge in [-0.2, -0.15) is 4.37 Å². The average molecular weight is 167 g/mol. The van der Waals surface area contributed by atoms with Crippen molar-refractivity contribution in [3.63, 3.8) is 0 Å². The first-order valence-corrected chi connectivity index (χ1v) is 4.41. The number of nitrogens with zero attached hydrogens (tertiary/aromatic N) is 2. The molecule has 1 aliphatic heterocycles. The van der Waals surface area contributed by atoms with Gasteiger partial charge >= 0.3 is 0 Å². The minimum Gasteiger partial charge on any atom is -0.312 e. The van der Waals surface area contributed by atoms with E-state index in [4.69, 9.17) is 0 Å². The van der Waals surface area contributed by atoms with Gasteiger partial charge in [0.05, 0.1) is 0 Å². The van der Waals surface area contributed by atoms with Crippen molar-refractivity contribution in [3.05, 3.63) is 17.4 Å². The number of hydrogen-bond donors (Lipinski definition) is 1. The number of aromatic nitrogens is 2. The van der Waals surface area contributed by atoms with Gasteiger partial charge in [-0.15, -0.1) is 0 Å². The molecule has 11 heavy (non-hydrogen) atoms. The lowest BCUT2D eigenvalue weighted by Crippen LogP contribution is -2.21. The second-order valence-corrected chi connectivity index (χ2v) is 3.22. The molecule has 0 aromatic carbocycles. The second kappa shape index (κ2) is 3.11. The Morgan fingerprint density at radius 3 is 3.18 bits per heavy atom. The van der Waals surface area contributed by atoms with E-state index in [2.05, 4.69) is 20.8 Å². The molecule has 58 valence electrons. The van der Waals surface area contributed by atoms with Crippen molar-refractivity contribution in [2.24, 2.45) is 0 Å². The van der Waals surface area contributed by atoms with Crippen LogP contribution in [0.3, 0.4) is 0 Å². The largest absolute Gasteiger partial charge is 0.312 e. The van der Waals surface area contributed by atoms with Gasteiger partial charge in [0.1, 0.15) is 11.3 Å². The van der Waals surface area contributed by atoms with Gasteiger partial charge in [0.2, 0.25) is 0 Å². The molecule has 4 heteroatoms. The van der Waals surface area contributed by atoms with Crippen LogP contribution in [0.15, 0.2) is 12.4 Å². The summed E-state index contributed by atoms with van der Waals surface area (Å²) in [6.45, 7) is 2.03. The molecule has 0 saturated carbocycles. The molecule has 0 spiro atoms. The van der Waals surface area contributed by atoms with E-state index in [1.165, 1.54) is 17.1 Å². The standard InChI is InChI=1S/C7H9N3S/c1-2-6(4-8-3-1)7-9-5-10-11-7/h2,5,8H,1,3-4H2. The van der Waals surface area contributed by atoms with E-state index in [-0.39, 0.29) is 0 Å². The summed E-state index contributed by atoms with van der Waals surface area (Å²) in [6.07, 6.45) is 4.95. The smallest absolute Gasteiger partial charge is 0.140 e. The third-order valence-corrected chi connectivity index (χ3v) is 2.40. The van der Waals surface area contributed by atoms with Crippen LogP contribution in [0.2, 0.25) is 0 Å². The van der Waals surface area contributed by atoms with E-state index in [9.17, 15) is 0 Å². The minimum atomic E-state index is 0.940. The van der Waals surface area contributed by atoms with Gasteiger partial charge in [0, 0.05) is 6.54 Å². The number of hydrogen-bond acceptors (Lipinski definition) is 4. The fraction of sp³-hybridized carbons (Fsp3) is 0.429. The summed E-state index contributed by atoms with van der Waals surface area (Å²) in [5.41, 5.74) is 1.29. The number of nitrogens with one attached hydrogen (secondary N) is 1. The molecule has 0 unspecified atom stereocenters. The molecule has 3 nitrogen and oxygen atoms in total. The van der Waals surface area contributed by atoms with Gasteiger partial charge < -0.3 is 5.32 Å². The van der Waals surface area contributed by atoms with E-state index in [1.54, 1.807) is 6.33 Å². The van der Waals surface area contributed by atoms with Crippen molar-refractivity contribution in [3.8, 4) is 0 Å². The second-order valence-electron chi connectivity index (χ2n) is 2.44. The summed E-state index contributed by atoms with van der Waals surface area (Å²) in [7, 11) is 0. The Balaban J connectivity index is 2.22. The maximum absolute atomic E-state index is 4.14. The molecule has 0 fully saturated rings. The SMILES string of the molecule is C1=C(c2ncns2)CNCC1. The van der Waals surface area contributed by atoms with Gasteiger partial charge in [0.15, 0.2) is 0 Å². The zero-order chi connectivity index (χ0) is 7.52. The van der Waals surface area contributed by atoms with Gasteiger partial charge in [-0.25, -0.2) is 4.98 Å². The van der Waals surface area contributed by atoms with Crippen LogP contribution < -0.4 is 5.32 Å². The molecule has 0 atom stereocenters. The molecule has 2 rings (SSSR count). The van der Waals surface area contributed by atoms with E-state index in [0.29, 0.717) is 0 Å². The number of rotatable bonds is 1. The van der Waals surface area contributed by atoms with Crippen LogP contribution >= 0.6 is 11.5 Å². The summed E-state index contributed by atoms with van der Waals surface area (Å²) in [5.74, 6) is 0. The van der Waals surface area contributed by atoms with Crippen molar-refractivity contribution in [2.75, 3.05) is 13.1 Å². The fourth-order valence-corrected chi connectivity index (χ4v) is 1.68. The average Bonchev–Trinajstić information content (AvgIpc) is 2.58. The first-order valence-electron chi connectivity index (χ1n) is 3.63. The molecule has 0 radical (unpaired) electrons. The van der Waals surface area contributed by atoms with E-state index < -0.39 is 0 Å². The van der Waals surface area contributed by atoms with Crippen LogP contribution in [0, 0.1) is 0 Å². The highest BCUT2D eigenvalue weighted by molar-refractivity contribution is 7.06. The van der Waals surface area contributed by atoms with E-state index in [0.717, 1.165) is 24.5 Å². The van der Waals surface area contributed by atoms with Crippen LogP contribution in [0.4, 0.5) is 0 Å². The molecule has 1 aromatic rings. The van der Waals surface area contributed by atoms with E-state index in [1.807, 2.05) is 0 Å². The minimum absolute atomic E-state index is 0.940. The van der Waals surface area contributed by atoms with Crippen LogP contribution in [0.5, 0.6) is 0 Å². The van der Waals surface area contributed by atoms with Gasteiger partial charge in [-0.3, -0.25) is 0 Å². The fourth-order valence-electron chi connectivity index (χ4n) is 1.12. The van der Waals surface area contributed by atoms with Crippen LogP contribution in [0.1, 0.15) is 11.4 Å². The zero-order valence-electron chi connectivity index (χ0n) is 6.08. The third-order valence-electron chi connectivity index (χ3n) is 1.66. The van der Waals surface area contributed by atoms with Gasteiger partial charge in [-0.05, 0) is 30.1 Å². The molecule has 2 heterocycles. The molecule has 1 aliphatic rings. The quantitative estimate of drug-likeness (QED) is 0.675. The lowest BCUT2D eigenvalue weighted by molar-refractivity contribution is 0.738. The summed E-state index contributed by atoms with van der Waals surface area (Å²) in [6, 6.07) is 0. The zero-order valence-corrected chi connectivity index (χ0v) is 6.90. The van der Waals surface area contributed by atoms with Crippen molar-refractivity contribution in [1.82, 2.24) is 14.7 Å². The normalized spacial score (nSPS) is 18.0. The maximum Gasteiger partial charge on any atom is 0.140 e. The monoisotopic (exact) mass is 167 g/mol. The first-order chi connectivity index (χ1) is 5.47. The molecule has 1 N–H and O–H groups in total. The Morgan fingerprint density at radius 1 is 1.55 bits per heavy atom. The van der Waals surface area contributed by atoms with Crippen molar-refractivity contribution < 1.29 is 0 Å². The van der Waals surface area contributed by atoms with Crippen LogP contribution in [0.25, 0.3) is 5.57 Å². The van der Waals surface area contributed by atoms with Crippen molar-refractivity contribution in [2.45, 2.75) is 6.42 Å². The highest BCUT2D eigenvalue weighted by atomic mass is 32.1. The predicted octanol–water partition coefficient (Wildman–Crippen LogP) is 0.915. The van der Waals surface area contributed by atoms with Gasteiger partial charge in [0.25, 0.3) is 0 Å². The first kappa shape index (κ1) is 6.94. The van der Waals surface area contributed by atoms with Crippen LogP contribution in [-0.2, 0) is 0 Å². The molecule has 0 amide bonds. The highest BCUT2D eigenvalue weighted by Gasteiger charge is 2.07. The Labute approximate surface area is 69.3 Å². The molecular weight excluding hydrogens is 158 g/mol. The Morgan fingerprint density at radius 2 is 2.55 bits per heavy atom. The molecule has 1 aromatic heterocycles. The third kappa shape index (κ3) is 1.46. The summed E-state index contributed by atoms with van der Waals surface area (Å²) in [4.78, 5) is 4.14. The van der Waals surface area contributed by atoms with Gasteiger partial charge in [-0.1, -0.05) is 6.08 Å². The maximum atomic E-state index is 4.14. The Bertz CT molecular complexity index is 253. The van der Waals surface area contributed by atoms with E-state index >= 15 is 0 Å². The summed E-state index contributed by atoms with van der Waals surface area (Å²) < 4.78 is 3.96. The summed E-state index contributed by atoms with van der Waals surface area (Å²) >= 11 is 1.46. The molecule has 0 saturated heterocycles. The lowest BCUT2D eigenvalue weighted by Gasteiger charge is -2.10. The van der Waals surface area contributed by atoms with Crippen LogP contribution in [-0.4, -0.2) is 22.4 Å². The van der Waals surface area contributed by atoms with Crippen molar-refractivity contribution >= 4 is 17.1 Å². The lowest BCUT2D eigenvalue weighted by atomic mass is 10.2. The molecule has 0 bridgehead atoms. The highest BCUT2D eigenvalue weighted by Crippen LogP contribution is 2.16. The summed E-state index contributed by atoms with van der Waals surface area (Å²) in [5, 5.41) is 4.35. The Hall–Kier alpha value is -0.740. The topological polar surface area (TPSA) is 37.8 Å². The predicted molar refractivity (Wildman–Crippen MR) is 45.4 cm³/mol.